The first-order valence-corrected chi connectivity index (χ1v) is 6.14. The Morgan fingerprint density at radius 1 is 1.60 bits per heavy atom. The summed E-state index contributed by atoms with van der Waals surface area (Å²) in [5.74, 6) is 1.14. The molecule has 2 aromatic rings. The van der Waals surface area contributed by atoms with Crippen molar-refractivity contribution in [2.75, 3.05) is 0 Å². The molecule has 0 fully saturated rings. The highest BCUT2D eigenvalue weighted by Gasteiger charge is 2.15. The van der Waals surface area contributed by atoms with Gasteiger partial charge in [-0.1, -0.05) is 24.6 Å². The van der Waals surface area contributed by atoms with E-state index in [0.717, 1.165) is 17.7 Å². The van der Waals surface area contributed by atoms with Gasteiger partial charge in [-0.25, -0.2) is 0 Å². The van der Waals surface area contributed by atoms with Gasteiger partial charge in [0.1, 0.15) is 0 Å². The molecule has 0 N–H and O–H groups in total. The zero-order valence-electron chi connectivity index (χ0n) is 8.31. The molecule has 0 saturated heterocycles. The maximum absolute atomic E-state index is 6.10. The summed E-state index contributed by atoms with van der Waals surface area (Å²) in [4.78, 5) is 5.25. The molecule has 1 atom stereocenters. The molecule has 0 aliphatic carbocycles. The van der Waals surface area contributed by atoms with Crippen molar-refractivity contribution in [3.63, 3.8) is 0 Å². The van der Waals surface area contributed by atoms with Gasteiger partial charge in [-0.2, -0.15) is 4.98 Å². The van der Waals surface area contributed by atoms with Crippen LogP contribution in [0.25, 0.3) is 10.8 Å². The van der Waals surface area contributed by atoms with Crippen LogP contribution in [0.3, 0.4) is 0 Å². The Labute approximate surface area is 97.1 Å². The fourth-order valence-corrected chi connectivity index (χ4v) is 2.20. The molecular weight excluding hydrogens is 232 g/mol. The Hall–Kier alpha value is -0.870. The average Bonchev–Trinajstić information content (AvgIpc) is 2.89. The first kappa shape index (κ1) is 10.6. The Morgan fingerprint density at radius 2 is 2.47 bits per heavy atom. The van der Waals surface area contributed by atoms with Crippen LogP contribution in [-0.4, -0.2) is 10.1 Å². The van der Waals surface area contributed by atoms with Crippen LogP contribution in [0.4, 0.5) is 0 Å². The third kappa shape index (κ3) is 2.38. The summed E-state index contributed by atoms with van der Waals surface area (Å²) in [5.41, 5.74) is 0. The summed E-state index contributed by atoms with van der Waals surface area (Å²) >= 11 is 7.67. The molecule has 2 rings (SSSR count). The normalized spacial score (nSPS) is 12.9. The Morgan fingerprint density at radius 3 is 3.13 bits per heavy atom. The summed E-state index contributed by atoms with van der Waals surface area (Å²) in [6.45, 7) is 2.08. The van der Waals surface area contributed by atoms with Crippen LogP contribution in [0.5, 0.6) is 0 Å². The molecule has 80 valence electrons. The molecule has 0 radical (unpaired) electrons. The number of hydrogen-bond donors (Lipinski definition) is 0. The van der Waals surface area contributed by atoms with E-state index in [0.29, 0.717) is 11.7 Å². The summed E-state index contributed by atoms with van der Waals surface area (Å²) in [6.07, 6.45) is 1.88. The number of rotatable bonds is 4. The second-order valence-electron chi connectivity index (χ2n) is 3.19. The minimum absolute atomic E-state index is 0.146. The first-order valence-electron chi connectivity index (χ1n) is 4.82. The molecule has 0 bridgehead atoms. The van der Waals surface area contributed by atoms with Crippen LogP contribution >= 0.6 is 22.9 Å². The molecule has 15 heavy (non-hydrogen) atoms. The lowest BCUT2D eigenvalue weighted by Crippen LogP contribution is -1.92. The topological polar surface area (TPSA) is 38.9 Å². The summed E-state index contributed by atoms with van der Waals surface area (Å²) < 4.78 is 5.14. The average molecular weight is 243 g/mol. The lowest BCUT2D eigenvalue weighted by atomic mass is 10.2. The highest BCUT2D eigenvalue weighted by Crippen LogP contribution is 2.27. The number of thiophene rings is 1. The SMILES string of the molecule is CCCC(Cl)c1noc(-c2cccs2)n1. The summed E-state index contributed by atoms with van der Waals surface area (Å²) in [7, 11) is 0. The Bertz CT molecular complexity index is 413. The van der Waals surface area contributed by atoms with Gasteiger partial charge in [-0.05, 0) is 17.9 Å². The van der Waals surface area contributed by atoms with E-state index in [-0.39, 0.29) is 5.38 Å². The highest BCUT2D eigenvalue weighted by molar-refractivity contribution is 7.13. The molecule has 0 saturated carbocycles. The summed E-state index contributed by atoms with van der Waals surface area (Å²) in [5, 5.41) is 5.71. The van der Waals surface area contributed by atoms with Crippen molar-refractivity contribution in [1.82, 2.24) is 10.1 Å². The van der Waals surface area contributed by atoms with Gasteiger partial charge in [0.05, 0.1) is 10.3 Å². The van der Waals surface area contributed by atoms with E-state index in [9.17, 15) is 0 Å². The standard InChI is InChI=1S/C10H11ClN2OS/c1-2-4-7(11)9-12-10(14-13-9)8-5-3-6-15-8/h3,5-7H,2,4H2,1H3. The van der Waals surface area contributed by atoms with E-state index >= 15 is 0 Å². The van der Waals surface area contributed by atoms with Crippen molar-refractivity contribution in [3.05, 3.63) is 23.3 Å². The van der Waals surface area contributed by atoms with Crippen LogP contribution in [0.1, 0.15) is 31.0 Å². The molecule has 2 aromatic heterocycles. The van der Waals surface area contributed by atoms with E-state index in [4.69, 9.17) is 16.1 Å². The number of aromatic nitrogens is 2. The molecule has 0 aliphatic rings. The Balaban J connectivity index is 2.17. The predicted molar refractivity (Wildman–Crippen MR) is 61.1 cm³/mol. The molecule has 0 aliphatic heterocycles. The van der Waals surface area contributed by atoms with Gasteiger partial charge in [-0.15, -0.1) is 22.9 Å². The largest absolute Gasteiger partial charge is 0.333 e. The molecular formula is C10H11ClN2OS. The van der Waals surface area contributed by atoms with Crippen molar-refractivity contribution in [2.45, 2.75) is 25.1 Å². The third-order valence-electron chi connectivity index (χ3n) is 2.00. The molecule has 3 nitrogen and oxygen atoms in total. The highest BCUT2D eigenvalue weighted by atomic mass is 35.5. The van der Waals surface area contributed by atoms with Gasteiger partial charge < -0.3 is 4.52 Å². The fourth-order valence-electron chi connectivity index (χ4n) is 1.24. The third-order valence-corrected chi connectivity index (χ3v) is 3.27. The molecule has 0 amide bonds. The van der Waals surface area contributed by atoms with E-state index < -0.39 is 0 Å². The van der Waals surface area contributed by atoms with E-state index in [1.54, 1.807) is 11.3 Å². The Kier molecular flexibility index (Phi) is 3.38. The fraction of sp³-hybridized carbons (Fsp3) is 0.400. The smallest absolute Gasteiger partial charge is 0.268 e. The van der Waals surface area contributed by atoms with Crippen LogP contribution in [0.15, 0.2) is 22.0 Å². The summed E-state index contributed by atoms with van der Waals surface area (Å²) in [6, 6.07) is 3.90. The van der Waals surface area contributed by atoms with E-state index in [1.807, 2.05) is 17.5 Å². The van der Waals surface area contributed by atoms with Gasteiger partial charge in [0, 0.05) is 0 Å². The van der Waals surface area contributed by atoms with Gasteiger partial charge in [0.25, 0.3) is 5.89 Å². The lowest BCUT2D eigenvalue weighted by molar-refractivity contribution is 0.421. The second kappa shape index (κ2) is 4.77. The van der Waals surface area contributed by atoms with Gasteiger partial charge in [-0.3, -0.25) is 0 Å². The molecule has 0 spiro atoms. The minimum Gasteiger partial charge on any atom is -0.333 e. The quantitative estimate of drug-likeness (QED) is 0.764. The molecule has 0 aromatic carbocycles. The van der Waals surface area contributed by atoms with Crippen molar-refractivity contribution < 1.29 is 4.52 Å². The number of nitrogens with zero attached hydrogens (tertiary/aromatic N) is 2. The van der Waals surface area contributed by atoms with E-state index in [1.165, 1.54) is 0 Å². The minimum atomic E-state index is -0.146. The van der Waals surface area contributed by atoms with Crippen molar-refractivity contribution in [2.24, 2.45) is 0 Å². The van der Waals surface area contributed by atoms with Crippen molar-refractivity contribution >= 4 is 22.9 Å². The van der Waals surface area contributed by atoms with Crippen LogP contribution in [0, 0.1) is 0 Å². The van der Waals surface area contributed by atoms with Crippen LogP contribution in [-0.2, 0) is 0 Å². The van der Waals surface area contributed by atoms with Crippen LogP contribution in [0.2, 0.25) is 0 Å². The number of alkyl halides is 1. The number of halogens is 1. The second-order valence-corrected chi connectivity index (χ2v) is 4.67. The molecule has 2 heterocycles. The number of hydrogen-bond acceptors (Lipinski definition) is 4. The zero-order chi connectivity index (χ0) is 10.7. The van der Waals surface area contributed by atoms with Gasteiger partial charge in [0.2, 0.25) is 0 Å². The lowest BCUT2D eigenvalue weighted by Gasteiger charge is -1.99. The maximum Gasteiger partial charge on any atom is 0.268 e. The van der Waals surface area contributed by atoms with E-state index in [2.05, 4.69) is 17.1 Å². The first-order chi connectivity index (χ1) is 7.31. The predicted octanol–water partition coefficient (Wildman–Crippen LogP) is 3.88. The van der Waals surface area contributed by atoms with Gasteiger partial charge >= 0.3 is 0 Å². The monoisotopic (exact) mass is 242 g/mol. The maximum atomic E-state index is 6.10. The molecule has 5 heteroatoms. The van der Waals surface area contributed by atoms with Gasteiger partial charge in [0.15, 0.2) is 5.82 Å². The van der Waals surface area contributed by atoms with Crippen molar-refractivity contribution in [3.8, 4) is 10.8 Å². The zero-order valence-corrected chi connectivity index (χ0v) is 9.88. The van der Waals surface area contributed by atoms with Crippen LogP contribution < -0.4 is 0 Å². The van der Waals surface area contributed by atoms with Crippen molar-refractivity contribution in [1.29, 1.82) is 0 Å². The molecule has 1 unspecified atom stereocenters.